The van der Waals surface area contributed by atoms with Crippen molar-refractivity contribution < 1.29 is 13.9 Å². The summed E-state index contributed by atoms with van der Waals surface area (Å²) in [5.74, 6) is 2.02. The van der Waals surface area contributed by atoms with Gasteiger partial charge in [-0.05, 0) is 50.8 Å². The van der Waals surface area contributed by atoms with Crippen LogP contribution in [0.5, 0.6) is 11.5 Å². The number of hydrogen-bond acceptors (Lipinski definition) is 5. The fourth-order valence-electron chi connectivity index (χ4n) is 2.81. The molecule has 0 bridgehead atoms. The molecule has 0 atom stereocenters. The van der Waals surface area contributed by atoms with Crippen molar-refractivity contribution in [3.63, 3.8) is 0 Å². The van der Waals surface area contributed by atoms with E-state index in [-0.39, 0.29) is 5.43 Å². The lowest BCUT2D eigenvalue weighted by Crippen LogP contribution is -2.19. The van der Waals surface area contributed by atoms with E-state index in [1.165, 1.54) is 0 Å². The molecule has 0 aliphatic heterocycles. The maximum Gasteiger partial charge on any atom is 0.200 e. The van der Waals surface area contributed by atoms with E-state index in [4.69, 9.17) is 13.9 Å². The van der Waals surface area contributed by atoms with Crippen LogP contribution in [0.4, 0.5) is 0 Å². The van der Waals surface area contributed by atoms with Crippen LogP contribution in [0.3, 0.4) is 0 Å². The Balaban J connectivity index is 1.98. The lowest BCUT2D eigenvalue weighted by Gasteiger charge is -2.12. The Hall–Kier alpha value is -2.79. The van der Waals surface area contributed by atoms with E-state index < -0.39 is 0 Å². The average Bonchev–Trinajstić information content (AvgIpc) is 2.61. The number of aryl methyl sites for hydroxylation is 1. The molecule has 1 heterocycles. The Bertz CT molecular complexity index is 958. The molecule has 0 fully saturated rings. The van der Waals surface area contributed by atoms with Crippen molar-refractivity contribution in [2.45, 2.75) is 6.92 Å². The van der Waals surface area contributed by atoms with Gasteiger partial charge < -0.3 is 18.8 Å². The number of hydrogen-bond donors (Lipinski definition) is 0. The molecule has 0 saturated heterocycles. The summed E-state index contributed by atoms with van der Waals surface area (Å²) in [6, 6.07) is 12.7. The van der Waals surface area contributed by atoms with Crippen LogP contribution in [0.25, 0.3) is 22.1 Å². The third-order valence-corrected chi connectivity index (χ3v) is 4.23. The van der Waals surface area contributed by atoms with Crippen LogP contribution in [0.2, 0.25) is 0 Å². The second kappa shape index (κ2) is 7.62. The molecule has 3 aromatic rings. The molecule has 2 aromatic carbocycles. The molecule has 0 aliphatic rings. The minimum Gasteiger partial charge on any atom is -0.497 e. The highest BCUT2D eigenvalue weighted by Crippen LogP contribution is 2.27. The number of nitrogens with zero attached hydrogens (tertiary/aromatic N) is 1. The fourth-order valence-corrected chi connectivity index (χ4v) is 2.81. The van der Waals surface area contributed by atoms with E-state index in [9.17, 15) is 4.79 Å². The Morgan fingerprint density at radius 2 is 1.73 bits per heavy atom. The van der Waals surface area contributed by atoms with Crippen molar-refractivity contribution >= 4 is 11.0 Å². The summed E-state index contributed by atoms with van der Waals surface area (Å²) < 4.78 is 16.8. The van der Waals surface area contributed by atoms with Gasteiger partial charge in [-0.25, -0.2) is 0 Å². The molecule has 1 aromatic heterocycles. The van der Waals surface area contributed by atoms with Crippen LogP contribution >= 0.6 is 0 Å². The Labute approximate surface area is 152 Å². The standard InChI is InChI=1S/C21H23NO4/c1-14-20(15-5-7-16(24-4)8-6-15)21(23)18-10-9-17(13-19(18)26-14)25-12-11-22(2)3/h5-10,13H,11-12H2,1-4H3. The third kappa shape index (κ3) is 3.73. The van der Waals surface area contributed by atoms with Gasteiger partial charge in [-0.15, -0.1) is 0 Å². The molecule has 0 N–H and O–H groups in total. The van der Waals surface area contributed by atoms with Crippen molar-refractivity contribution in [3.05, 3.63) is 58.4 Å². The summed E-state index contributed by atoms with van der Waals surface area (Å²) in [6.07, 6.45) is 0. The van der Waals surface area contributed by atoms with Gasteiger partial charge in [-0.2, -0.15) is 0 Å². The summed E-state index contributed by atoms with van der Waals surface area (Å²) in [5, 5.41) is 0.543. The Morgan fingerprint density at radius 3 is 2.38 bits per heavy atom. The van der Waals surface area contributed by atoms with E-state index in [2.05, 4.69) is 0 Å². The van der Waals surface area contributed by atoms with Gasteiger partial charge in [0.1, 0.15) is 29.4 Å². The topological polar surface area (TPSA) is 51.9 Å². The zero-order valence-corrected chi connectivity index (χ0v) is 15.5. The Morgan fingerprint density at radius 1 is 1.04 bits per heavy atom. The van der Waals surface area contributed by atoms with Crippen LogP contribution in [-0.4, -0.2) is 39.3 Å². The van der Waals surface area contributed by atoms with Crippen molar-refractivity contribution in [2.24, 2.45) is 0 Å². The number of rotatable bonds is 6. The average molecular weight is 353 g/mol. The number of likely N-dealkylation sites (N-methyl/N-ethyl adjacent to an activating group) is 1. The maximum absolute atomic E-state index is 13.0. The Kier molecular flexibility index (Phi) is 5.28. The van der Waals surface area contributed by atoms with Crippen molar-refractivity contribution in [2.75, 3.05) is 34.4 Å². The first-order valence-corrected chi connectivity index (χ1v) is 8.49. The fraction of sp³-hybridized carbons (Fsp3) is 0.286. The van der Waals surface area contributed by atoms with Crippen LogP contribution in [0.1, 0.15) is 5.76 Å². The number of benzene rings is 2. The lowest BCUT2D eigenvalue weighted by molar-refractivity contribution is 0.261. The van der Waals surface area contributed by atoms with E-state index in [1.54, 1.807) is 26.2 Å². The molecule has 0 saturated carbocycles. The highest BCUT2D eigenvalue weighted by atomic mass is 16.5. The van der Waals surface area contributed by atoms with Gasteiger partial charge in [-0.1, -0.05) is 12.1 Å². The van der Waals surface area contributed by atoms with E-state index in [0.29, 0.717) is 34.6 Å². The van der Waals surface area contributed by atoms with E-state index in [0.717, 1.165) is 17.9 Å². The molecule has 136 valence electrons. The number of methoxy groups -OCH3 is 1. The first kappa shape index (κ1) is 18.0. The quantitative estimate of drug-likeness (QED) is 0.676. The highest BCUT2D eigenvalue weighted by molar-refractivity contribution is 5.83. The van der Waals surface area contributed by atoms with Crippen LogP contribution in [0, 0.1) is 6.92 Å². The summed E-state index contributed by atoms with van der Waals surface area (Å²) >= 11 is 0. The molecule has 26 heavy (non-hydrogen) atoms. The second-order valence-corrected chi connectivity index (χ2v) is 6.40. The van der Waals surface area contributed by atoms with Crippen LogP contribution < -0.4 is 14.9 Å². The normalized spacial score (nSPS) is 11.1. The first-order valence-electron chi connectivity index (χ1n) is 8.49. The zero-order chi connectivity index (χ0) is 18.7. The summed E-state index contributed by atoms with van der Waals surface area (Å²) in [5.41, 5.74) is 1.87. The lowest BCUT2D eigenvalue weighted by atomic mass is 10.0. The number of ether oxygens (including phenoxy) is 2. The van der Waals surface area contributed by atoms with Gasteiger partial charge >= 0.3 is 0 Å². The minimum absolute atomic E-state index is 0.0474. The monoisotopic (exact) mass is 353 g/mol. The highest BCUT2D eigenvalue weighted by Gasteiger charge is 2.14. The summed E-state index contributed by atoms with van der Waals surface area (Å²) in [7, 11) is 5.60. The molecule has 5 heteroatoms. The SMILES string of the molecule is COc1ccc(-c2c(C)oc3cc(OCCN(C)C)ccc3c2=O)cc1. The molecule has 0 radical (unpaired) electrons. The first-order chi connectivity index (χ1) is 12.5. The zero-order valence-electron chi connectivity index (χ0n) is 15.5. The molecule has 5 nitrogen and oxygen atoms in total. The van der Waals surface area contributed by atoms with Crippen molar-refractivity contribution in [1.82, 2.24) is 4.90 Å². The van der Waals surface area contributed by atoms with Gasteiger partial charge in [0.25, 0.3) is 0 Å². The van der Waals surface area contributed by atoms with Gasteiger partial charge in [0, 0.05) is 12.6 Å². The summed E-state index contributed by atoms with van der Waals surface area (Å²) in [4.78, 5) is 15.0. The minimum atomic E-state index is -0.0474. The molecule has 0 unspecified atom stereocenters. The molecular formula is C21H23NO4. The maximum atomic E-state index is 13.0. The van der Waals surface area contributed by atoms with E-state index >= 15 is 0 Å². The van der Waals surface area contributed by atoms with Crippen LogP contribution in [-0.2, 0) is 0 Å². The molecular weight excluding hydrogens is 330 g/mol. The molecule has 3 rings (SSSR count). The summed E-state index contributed by atoms with van der Waals surface area (Å²) in [6.45, 7) is 3.20. The molecule has 0 aliphatic carbocycles. The molecule has 0 spiro atoms. The largest absolute Gasteiger partial charge is 0.497 e. The van der Waals surface area contributed by atoms with Crippen molar-refractivity contribution in [3.8, 4) is 22.6 Å². The van der Waals surface area contributed by atoms with Gasteiger partial charge in [0.05, 0.1) is 18.1 Å². The van der Waals surface area contributed by atoms with Gasteiger partial charge in [0.15, 0.2) is 0 Å². The van der Waals surface area contributed by atoms with Crippen molar-refractivity contribution in [1.29, 1.82) is 0 Å². The van der Waals surface area contributed by atoms with Crippen LogP contribution in [0.15, 0.2) is 51.7 Å². The predicted molar refractivity (Wildman–Crippen MR) is 103 cm³/mol. The third-order valence-electron chi connectivity index (χ3n) is 4.23. The van der Waals surface area contributed by atoms with Gasteiger partial charge in [-0.3, -0.25) is 4.79 Å². The predicted octanol–water partition coefficient (Wildman–Crippen LogP) is 3.72. The number of fused-ring (bicyclic) bond motifs is 1. The smallest absolute Gasteiger partial charge is 0.200 e. The second-order valence-electron chi connectivity index (χ2n) is 6.40. The van der Waals surface area contributed by atoms with E-state index in [1.807, 2.05) is 49.3 Å². The molecule has 0 amide bonds. The van der Waals surface area contributed by atoms with Gasteiger partial charge in [0.2, 0.25) is 5.43 Å².